The summed E-state index contributed by atoms with van der Waals surface area (Å²) in [5.74, 6) is 2.55. The Balaban J connectivity index is 2.01. The average molecular weight is 277 g/mol. The van der Waals surface area contributed by atoms with Crippen molar-refractivity contribution in [2.75, 3.05) is 13.7 Å². The van der Waals surface area contributed by atoms with E-state index in [1.807, 2.05) is 19.1 Å². The molecular formula is C17H27NO2. The minimum atomic E-state index is 0.638. The third-order valence-electron chi connectivity index (χ3n) is 4.09. The van der Waals surface area contributed by atoms with E-state index in [4.69, 9.17) is 9.47 Å². The second-order valence-electron chi connectivity index (χ2n) is 5.73. The van der Waals surface area contributed by atoms with E-state index in [1.54, 1.807) is 7.11 Å². The second-order valence-corrected chi connectivity index (χ2v) is 5.73. The molecule has 20 heavy (non-hydrogen) atoms. The van der Waals surface area contributed by atoms with Crippen LogP contribution in [0, 0.1) is 5.92 Å². The third kappa shape index (κ3) is 3.89. The Labute approximate surface area is 122 Å². The van der Waals surface area contributed by atoms with Crippen molar-refractivity contribution in [3.63, 3.8) is 0 Å². The highest BCUT2D eigenvalue weighted by Crippen LogP contribution is 2.31. The van der Waals surface area contributed by atoms with Crippen LogP contribution in [0.3, 0.4) is 0 Å². The van der Waals surface area contributed by atoms with Gasteiger partial charge in [0.1, 0.15) is 0 Å². The van der Waals surface area contributed by atoms with Gasteiger partial charge in [-0.05, 0) is 31.7 Å². The Hall–Kier alpha value is -1.22. The van der Waals surface area contributed by atoms with Gasteiger partial charge in [0.25, 0.3) is 0 Å². The van der Waals surface area contributed by atoms with Crippen molar-refractivity contribution < 1.29 is 9.47 Å². The molecule has 0 aromatic heterocycles. The maximum Gasteiger partial charge on any atom is 0.165 e. The van der Waals surface area contributed by atoms with Crippen LogP contribution in [0.1, 0.15) is 45.1 Å². The normalized spacial score (nSPS) is 22.6. The summed E-state index contributed by atoms with van der Waals surface area (Å²) < 4.78 is 11.1. The first-order valence-electron chi connectivity index (χ1n) is 7.76. The van der Waals surface area contributed by atoms with E-state index in [0.717, 1.165) is 24.0 Å². The monoisotopic (exact) mass is 277 g/mol. The largest absolute Gasteiger partial charge is 0.493 e. The zero-order chi connectivity index (χ0) is 14.4. The molecule has 3 nitrogen and oxygen atoms in total. The van der Waals surface area contributed by atoms with Crippen LogP contribution in [0.5, 0.6) is 11.5 Å². The molecule has 1 N–H and O–H groups in total. The Bertz CT molecular complexity index is 419. The van der Waals surface area contributed by atoms with Crippen LogP contribution in [0.4, 0.5) is 0 Å². The van der Waals surface area contributed by atoms with Crippen LogP contribution in [-0.4, -0.2) is 19.8 Å². The van der Waals surface area contributed by atoms with E-state index in [1.165, 1.54) is 31.2 Å². The molecule has 0 spiro atoms. The van der Waals surface area contributed by atoms with E-state index >= 15 is 0 Å². The lowest BCUT2D eigenvalue weighted by Crippen LogP contribution is -2.33. The summed E-state index contributed by atoms with van der Waals surface area (Å²) in [4.78, 5) is 0. The number of para-hydroxylation sites is 1. The predicted octanol–water partition coefficient (Wildman–Crippen LogP) is 3.76. The van der Waals surface area contributed by atoms with Gasteiger partial charge in [0, 0.05) is 18.2 Å². The molecule has 0 aliphatic heterocycles. The van der Waals surface area contributed by atoms with Crippen molar-refractivity contribution in [1.29, 1.82) is 0 Å². The van der Waals surface area contributed by atoms with E-state index in [-0.39, 0.29) is 0 Å². The molecule has 0 radical (unpaired) electrons. The fraction of sp³-hybridized carbons (Fsp3) is 0.647. The zero-order valence-electron chi connectivity index (χ0n) is 12.9. The Morgan fingerprint density at radius 3 is 2.85 bits per heavy atom. The number of hydrogen-bond donors (Lipinski definition) is 1. The Kier molecular flexibility index (Phi) is 5.72. The predicted molar refractivity (Wildman–Crippen MR) is 82.4 cm³/mol. The molecule has 2 rings (SSSR count). The summed E-state index contributed by atoms with van der Waals surface area (Å²) in [5.41, 5.74) is 1.18. The van der Waals surface area contributed by atoms with Gasteiger partial charge >= 0.3 is 0 Å². The number of ether oxygens (including phenoxy) is 2. The molecule has 1 saturated carbocycles. The summed E-state index contributed by atoms with van der Waals surface area (Å²) >= 11 is 0. The van der Waals surface area contributed by atoms with Crippen molar-refractivity contribution in [2.45, 2.75) is 52.1 Å². The summed E-state index contributed by atoms with van der Waals surface area (Å²) in [5, 5.41) is 3.68. The Morgan fingerprint density at radius 2 is 2.15 bits per heavy atom. The number of hydrogen-bond acceptors (Lipinski definition) is 3. The first-order chi connectivity index (χ1) is 9.74. The van der Waals surface area contributed by atoms with E-state index in [9.17, 15) is 0 Å². The molecule has 3 heteroatoms. The lowest BCUT2D eigenvalue weighted by atomic mass is 9.87. The summed E-state index contributed by atoms with van der Waals surface area (Å²) in [6, 6.07) is 6.74. The lowest BCUT2D eigenvalue weighted by Gasteiger charge is -2.28. The van der Waals surface area contributed by atoms with Crippen LogP contribution in [-0.2, 0) is 6.54 Å². The van der Waals surface area contributed by atoms with Gasteiger partial charge in [0.05, 0.1) is 13.7 Å². The standard InChI is InChI=1S/C17H27NO2/c1-4-20-17-14(8-6-10-16(17)19-3)12-18-15-9-5-7-13(2)11-15/h6,8,10,13,15,18H,4-5,7,9,11-12H2,1-3H3. The molecule has 1 aliphatic carbocycles. The molecule has 0 bridgehead atoms. The van der Waals surface area contributed by atoms with Gasteiger partial charge in [0.15, 0.2) is 11.5 Å². The van der Waals surface area contributed by atoms with Crippen molar-refractivity contribution in [2.24, 2.45) is 5.92 Å². The number of nitrogens with one attached hydrogen (secondary N) is 1. The van der Waals surface area contributed by atoms with Gasteiger partial charge in [0.2, 0.25) is 0 Å². The van der Waals surface area contributed by atoms with Gasteiger partial charge in [-0.15, -0.1) is 0 Å². The molecule has 1 aromatic rings. The van der Waals surface area contributed by atoms with Gasteiger partial charge in [-0.25, -0.2) is 0 Å². The molecule has 112 valence electrons. The van der Waals surface area contributed by atoms with Gasteiger partial charge in [-0.3, -0.25) is 0 Å². The number of benzene rings is 1. The van der Waals surface area contributed by atoms with Crippen molar-refractivity contribution in [3.05, 3.63) is 23.8 Å². The fourth-order valence-electron chi connectivity index (χ4n) is 3.04. The minimum absolute atomic E-state index is 0.638. The summed E-state index contributed by atoms with van der Waals surface area (Å²) in [7, 11) is 1.69. The van der Waals surface area contributed by atoms with Crippen LogP contribution in [0.15, 0.2) is 18.2 Å². The van der Waals surface area contributed by atoms with Crippen molar-refractivity contribution in [3.8, 4) is 11.5 Å². The molecule has 0 heterocycles. The maximum atomic E-state index is 5.76. The molecule has 1 aromatic carbocycles. The lowest BCUT2D eigenvalue weighted by molar-refractivity contribution is 0.291. The quantitative estimate of drug-likeness (QED) is 0.858. The summed E-state index contributed by atoms with van der Waals surface area (Å²) in [6.07, 6.45) is 5.29. The van der Waals surface area contributed by atoms with Gasteiger partial charge < -0.3 is 14.8 Å². The van der Waals surface area contributed by atoms with E-state index < -0.39 is 0 Å². The summed E-state index contributed by atoms with van der Waals surface area (Å²) in [6.45, 7) is 5.87. The van der Waals surface area contributed by atoms with Crippen LogP contribution >= 0.6 is 0 Å². The topological polar surface area (TPSA) is 30.5 Å². The fourth-order valence-corrected chi connectivity index (χ4v) is 3.04. The van der Waals surface area contributed by atoms with Gasteiger partial charge in [-0.1, -0.05) is 31.9 Å². The number of methoxy groups -OCH3 is 1. The maximum absolute atomic E-state index is 5.76. The van der Waals surface area contributed by atoms with E-state index in [2.05, 4.69) is 18.3 Å². The van der Waals surface area contributed by atoms with Crippen LogP contribution in [0.25, 0.3) is 0 Å². The molecular weight excluding hydrogens is 250 g/mol. The highest BCUT2D eigenvalue weighted by atomic mass is 16.5. The average Bonchev–Trinajstić information content (AvgIpc) is 2.46. The molecule has 2 unspecified atom stereocenters. The molecule has 0 saturated heterocycles. The van der Waals surface area contributed by atoms with Gasteiger partial charge in [-0.2, -0.15) is 0 Å². The highest BCUT2D eigenvalue weighted by molar-refractivity contribution is 5.46. The second kappa shape index (κ2) is 7.53. The number of rotatable bonds is 6. The van der Waals surface area contributed by atoms with Crippen LogP contribution in [0.2, 0.25) is 0 Å². The molecule has 1 aliphatic rings. The molecule has 2 atom stereocenters. The highest BCUT2D eigenvalue weighted by Gasteiger charge is 2.19. The Morgan fingerprint density at radius 1 is 1.30 bits per heavy atom. The van der Waals surface area contributed by atoms with Crippen molar-refractivity contribution >= 4 is 0 Å². The smallest absolute Gasteiger partial charge is 0.165 e. The SMILES string of the molecule is CCOc1c(CNC2CCCC(C)C2)cccc1OC. The van der Waals surface area contributed by atoms with Crippen molar-refractivity contribution in [1.82, 2.24) is 5.32 Å². The molecule has 0 amide bonds. The third-order valence-corrected chi connectivity index (χ3v) is 4.09. The first-order valence-corrected chi connectivity index (χ1v) is 7.76. The van der Waals surface area contributed by atoms with E-state index in [0.29, 0.717) is 12.6 Å². The zero-order valence-corrected chi connectivity index (χ0v) is 12.9. The van der Waals surface area contributed by atoms with Crippen LogP contribution < -0.4 is 14.8 Å². The minimum Gasteiger partial charge on any atom is -0.493 e. The molecule has 1 fully saturated rings. The first kappa shape index (κ1) is 15.2.